The number of ketones is 1. The Kier molecular flexibility index (Phi) is 4.96. The Balaban J connectivity index is 1.62. The first kappa shape index (κ1) is 16.9. The molecule has 4 aliphatic rings. The Morgan fingerprint density at radius 2 is 1.68 bits per heavy atom. The molecule has 2 heteroatoms. The fourth-order valence-electron chi connectivity index (χ4n) is 5.39. The lowest BCUT2D eigenvalue weighted by atomic mass is 9.70. The normalized spacial score (nSPS) is 33.3. The Bertz CT molecular complexity index is 639. The van der Waals surface area contributed by atoms with Crippen LogP contribution in [0.2, 0.25) is 0 Å². The van der Waals surface area contributed by atoms with E-state index in [-0.39, 0.29) is 18.3 Å². The number of benzene rings is 1. The molecule has 25 heavy (non-hydrogen) atoms. The molecule has 0 N–H and O–H groups in total. The van der Waals surface area contributed by atoms with Crippen molar-refractivity contribution < 1.29 is 9.53 Å². The summed E-state index contributed by atoms with van der Waals surface area (Å²) < 4.78 is 6.07. The van der Waals surface area contributed by atoms with Crippen LogP contribution < -0.4 is 4.74 Å². The van der Waals surface area contributed by atoms with Crippen molar-refractivity contribution in [1.29, 1.82) is 0 Å². The van der Waals surface area contributed by atoms with Crippen LogP contribution in [0.5, 0.6) is 5.75 Å². The van der Waals surface area contributed by atoms with Crippen LogP contribution in [-0.2, 0) is 4.79 Å². The Hall–Kier alpha value is -1.57. The van der Waals surface area contributed by atoms with Gasteiger partial charge in [0.15, 0.2) is 5.78 Å². The molecule has 1 aromatic carbocycles. The van der Waals surface area contributed by atoms with Crippen LogP contribution in [0.4, 0.5) is 0 Å². The second-order valence-corrected chi connectivity index (χ2v) is 8.35. The minimum absolute atomic E-state index is 0.131. The van der Waals surface area contributed by atoms with Crippen molar-refractivity contribution in [2.75, 3.05) is 6.61 Å². The molecule has 5 rings (SSSR count). The molecule has 134 valence electrons. The van der Waals surface area contributed by atoms with Crippen LogP contribution in [0, 0.1) is 17.8 Å². The molecular formula is C23H30O2. The predicted molar refractivity (Wildman–Crippen MR) is 101 cm³/mol. The summed E-state index contributed by atoms with van der Waals surface area (Å²) in [5.74, 6) is 3.16. The first-order valence-corrected chi connectivity index (χ1v) is 10.1. The third-order valence-electron chi connectivity index (χ3n) is 6.90. The fraction of sp³-hybridized carbons (Fsp3) is 0.609. The van der Waals surface area contributed by atoms with Gasteiger partial charge >= 0.3 is 0 Å². The third kappa shape index (κ3) is 3.54. The minimum atomic E-state index is 0.131. The highest BCUT2D eigenvalue weighted by Crippen LogP contribution is 2.44. The fourth-order valence-corrected chi connectivity index (χ4v) is 5.39. The molecule has 2 unspecified atom stereocenters. The summed E-state index contributed by atoms with van der Waals surface area (Å²) in [6, 6.07) is 8.38. The van der Waals surface area contributed by atoms with Gasteiger partial charge in [-0.1, -0.05) is 30.4 Å². The number of fused-ring (bicyclic) bond motifs is 5. The van der Waals surface area contributed by atoms with Gasteiger partial charge in [-0.25, -0.2) is 0 Å². The molecule has 2 bridgehead atoms. The molecule has 0 saturated heterocycles. The Labute approximate surface area is 151 Å². The average Bonchev–Trinajstić information content (AvgIpc) is 2.66. The number of allylic oxidation sites excluding steroid dienone is 1. The molecule has 2 aliphatic carbocycles. The molecule has 1 aromatic rings. The predicted octanol–water partition coefficient (Wildman–Crippen LogP) is 5.67. The van der Waals surface area contributed by atoms with Gasteiger partial charge in [0.25, 0.3) is 0 Å². The molecule has 2 atom stereocenters. The number of ether oxygens (including phenoxy) is 1. The van der Waals surface area contributed by atoms with E-state index in [1.165, 1.54) is 43.2 Å². The van der Waals surface area contributed by atoms with Gasteiger partial charge in [-0.3, -0.25) is 4.79 Å². The largest absolute Gasteiger partial charge is 0.486 e. The minimum Gasteiger partial charge on any atom is -0.486 e. The summed E-state index contributed by atoms with van der Waals surface area (Å²) in [4.78, 5) is 12.9. The van der Waals surface area contributed by atoms with Gasteiger partial charge < -0.3 is 4.74 Å². The van der Waals surface area contributed by atoms with Crippen molar-refractivity contribution >= 4 is 5.78 Å². The van der Waals surface area contributed by atoms with Gasteiger partial charge in [0, 0.05) is 5.92 Å². The lowest BCUT2D eigenvalue weighted by molar-refractivity contribution is -0.127. The number of rotatable bonds is 0. The zero-order valence-corrected chi connectivity index (χ0v) is 15.2. The van der Waals surface area contributed by atoms with E-state index in [2.05, 4.69) is 18.7 Å². The van der Waals surface area contributed by atoms with E-state index in [1.54, 1.807) is 0 Å². The number of carbonyl (C=O) groups excluding carboxylic acids is 1. The maximum absolute atomic E-state index is 12.9. The second kappa shape index (κ2) is 7.35. The van der Waals surface area contributed by atoms with Crippen LogP contribution in [0.1, 0.15) is 69.3 Å². The standard InChI is InChI=1S/C23H30O2/c1-16-5-4-7-21-19(16)14-11-17-9-12-18(13-10-17)20-6-2-3-8-23(20)25-15-22(21)24/h2-3,6,8,17-19,21H,1,4-5,7,9-15H2. The maximum atomic E-state index is 12.9. The molecule has 0 spiro atoms. The third-order valence-corrected chi connectivity index (χ3v) is 6.90. The summed E-state index contributed by atoms with van der Waals surface area (Å²) >= 11 is 0. The topological polar surface area (TPSA) is 26.3 Å². The zero-order chi connectivity index (χ0) is 17.2. The second-order valence-electron chi connectivity index (χ2n) is 8.35. The van der Waals surface area contributed by atoms with E-state index in [9.17, 15) is 4.79 Å². The monoisotopic (exact) mass is 338 g/mol. The highest BCUT2D eigenvalue weighted by molar-refractivity contribution is 5.83. The summed E-state index contributed by atoms with van der Waals surface area (Å²) in [5.41, 5.74) is 2.63. The van der Waals surface area contributed by atoms with Crippen molar-refractivity contribution in [2.24, 2.45) is 17.8 Å². The maximum Gasteiger partial charge on any atom is 0.173 e. The van der Waals surface area contributed by atoms with Gasteiger partial charge in [0.2, 0.25) is 0 Å². The highest BCUT2D eigenvalue weighted by atomic mass is 16.5. The molecule has 0 amide bonds. The first-order valence-electron chi connectivity index (χ1n) is 10.1. The van der Waals surface area contributed by atoms with Gasteiger partial charge in [-0.15, -0.1) is 0 Å². The van der Waals surface area contributed by atoms with Gasteiger partial charge in [-0.2, -0.15) is 0 Å². The number of Topliss-reactive ketones (excluding diaryl/α,β-unsaturated/α-hetero) is 1. The van der Waals surface area contributed by atoms with E-state index in [0.717, 1.165) is 37.4 Å². The summed E-state index contributed by atoms with van der Waals surface area (Å²) in [6.45, 7) is 4.55. The molecule has 0 radical (unpaired) electrons. The average molecular weight is 338 g/mol. The quantitative estimate of drug-likeness (QED) is 0.569. The number of hydrogen-bond acceptors (Lipinski definition) is 2. The van der Waals surface area contributed by atoms with Crippen molar-refractivity contribution in [1.82, 2.24) is 0 Å². The summed E-state index contributed by atoms with van der Waals surface area (Å²) in [5, 5.41) is 0. The van der Waals surface area contributed by atoms with Crippen molar-refractivity contribution in [3.05, 3.63) is 42.0 Å². The highest BCUT2D eigenvalue weighted by Gasteiger charge is 2.34. The van der Waals surface area contributed by atoms with E-state index in [4.69, 9.17) is 4.74 Å². The molecule has 2 nitrogen and oxygen atoms in total. The van der Waals surface area contributed by atoms with Crippen LogP contribution in [0.15, 0.2) is 36.4 Å². The SMILES string of the molecule is C=C1CCCC2C(=O)COc3ccccc3C3CCC(CC3)CCC12. The molecule has 0 aromatic heterocycles. The number of hydrogen-bond donors (Lipinski definition) is 0. The summed E-state index contributed by atoms with van der Waals surface area (Å²) in [6.07, 6.45) is 10.8. The first-order chi connectivity index (χ1) is 12.2. The van der Waals surface area contributed by atoms with Gasteiger partial charge in [-0.05, 0) is 87.2 Å². The van der Waals surface area contributed by atoms with Crippen LogP contribution in [0.25, 0.3) is 0 Å². The molecule has 2 aliphatic heterocycles. The number of carbonyl (C=O) groups is 1. The molecular weight excluding hydrogens is 308 g/mol. The van der Waals surface area contributed by atoms with Crippen molar-refractivity contribution in [3.8, 4) is 5.75 Å². The molecule has 2 heterocycles. The number of para-hydroxylation sites is 1. The van der Waals surface area contributed by atoms with E-state index >= 15 is 0 Å². The van der Waals surface area contributed by atoms with Crippen molar-refractivity contribution in [2.45, 2.75) is 63.7 Å². The zero-order valence-electron chi connectivity index (χ0n) is 15.2. The Morgan fingerprint density at radius 3 is 2.52 bits per heavy atom. The van der Waals surface area contributed by atoms with Crippen LogP contribution in [0.3, 0.4) is 0 Å². The van der Waals surface area contributed by atoms with Gasteiger partial charge in [0.05, 0.1) is 0 Å². The molecule has 2 fully saturated rings. The van der Waals surface area contributed by atoms with E-state index < -0.39 is 0 Å². The lowest BCUT2D eigenvalue weighted by Gasteiger charge is -2.34. The summed E-state index contributed by atoms with van der Waals surface area (Å²) in [7, 11) is 0. The smallest absolute Gasteiger partial charge is 0.173 e. The van der Waals surface area contributed by atoms with E-state index in [1.807, 2.05) is 12.1 Å². The van der Waals surface area contributed by atoms with Gasteiger partial charge in [0.1, 0.15) is 12.4 Å². The molecule has 2 saturated carbocycles. The Morgan fingerprint density at radius 1 is 0.920 bits per heavy atom. The van der Waals surface area contributed by atoms with Crippen LogP contribution in [-0.4, -0.2) is 12.4 Å². The van der Waals surface area contributed by atoms with E-state index in [0.29, 0.717) is 11.8 Å². The van der Waals surface area contributed by atoms with Crippen LogP contribution >= 0.6 is 0 Å². The van der Waals surface area contributed by atoms with Crippen molar-refractivity contribution in [3.63, 3.8) is 0 Å². The lowest BCUT2D eigenvalue weighted by Crippen LogP contribution is -2.32.